The van der Waals surface area contributed by atoms with Crippen molar-refractivity contribution in [3.05, 3.63) is 36.4 Å². The molecule has 27 heavy (non-hydrogen) atoms. The number of piperidine rings is 1. The molecule has 0 aliphatic carbocycles. The van der Waals surface area contributed by atoms with Crippen LogP contribution in [0.3, 0.4) is 0 Å². The fraction of sp³-hybridized carbons (Fsp3) is 0.421. The van der Waals surface area contributed by atoms with Gasteiger partial charge >= 0.3 is 0 Å². The highest BCUT2D eigenvalue weighted by Crippen LogP contribution is 2.36. The number of rotatable bonds is 3. The number of hydrogen-bond acceptors (Lipinski definition) is 6. The van der Waals surface area contributed by atoms with E-state index in [2.05, 4.69) is 35.7 Å². The third-order valence-corrected chi connectivity index (χ3v) is 5.71. The molecule has 140 valence electrons. The molecular formula is C19H22FN7. The number of nitrogens with one attached hydrogen (secondary N) is 3. The molecule has 7 nitrogen and oxygen atoms in total. The minimum atomic E-state index is -0.458. The summed E-state index contributed by atoms with van der Waals surface area (Å²) >= 11 is 0. The van der Waals surface area contributed by atoms with Crippen LogP contribution in [0.15, 0.2) is 30.6 Å². The van der Waals surface area contributed by atoms with Gasteiger partial charge in [-0.2, -0.15) is 10.1 Å². The lowest BCUT2D eigenvalue weighted by atomic mass is 9.79. The van der Waals surface area contributed by atoms with Crippen LogP contribution in [-0.2, 0) is 0 Å². The summed E-state index contributed by atoms with van der Waals surface area (Å²) in [6.07, 6.45) is 6.52. The first kappa shape index (κ1) is 16.4. The summed E-state index contributed by atoms with van der Waals surface area (Å²) in [5.41, 5.74) is 2.01. The Morgan fingerprint density at radius 1 is 1.22 bits per heavy atom. The fourth-order valence-electron chi connectivity index (χ4n) is 4.28. The van der Waals surface area contributed by atoms with Gasteiger partial charge in [0.1, 0.15) is 0 Å². The lowest BCUT2D eigenvalue weighted by molar-refractivity contribution is 0.259. The second-order valence-corrected chi connectivity index (χ2v) is 7.62. The number of hydrogen-bond donors (Lipinski definition) is 3. The Balaban J connectivity index is 1.40. The first-order valence-electron chi connectivity index (χ1n) is 9.39. The molecule has 0 bridgehead atoms. The van der Waals surface area contributed by atoms with Crippen LogP contribution in [0.2, 0.25) is 0 Å². The highest BCUT2D eigenvalue weighted by molar-refractivity contribution is 5.82. The standard InChI is InChI=1S/C19H22FN7/c20-15-10-22-18(27-7-1-4-19(12-27)5-6-21-11-19)25-17(15)24-14-2-3-16-13(8-14)9-23-26-16/h2-3,8-10,21H,1,4-7,11-12H2,(H,23,26)(H,22,24,25). The van der Waals surface area contributed by atoms with Crippen LogP contribution < -0.4 is 15.5 Å². The van der Waals surface area contributed by atoms with E-state index in [1.807, 2.05) is 18.2 Å². The molecule has 0 radical (unpaired) electrons. The van der Waals surface area contributed by atoms with Crippen LogP contribution in [0.5, 0.6) is 0 Å². The normalized spacial score (nSPS) is 22.6. The summed E-state index contributed by atoms with van der Waals surface area (Å²) in [7, 11) is 0. The van der Waals surface area contributed by atoms with E-state index in [1.54, 1.807) is 6.20 Å². The van der Waals surface area contributed by atoms with Crippen molar-refractivity contribution in [3.63, 3.8) is 0 Å². The number of benzene rings is 1. The van der Waals surface area contributed by atoms with Crippen molar-refractivity contribution in [2.45, 2.75) is 19.3 Å². The first-order chi connectivity index (χ1) is 13.2. The molecule has 1 spiro atoms. The van der Waals surface area contributed by atoms with Gasteiger partial charge in [-0.3, -0.25) is 5.10 Å². The summed E-state index contributed by atoms with van der Waals surface area (Å²) < 4.78 is 14.3. The van der Waals surface area contributed by atoms with Gasteiger partial charge in [-0.25, -0.2) is 9.37 Å². The molecule has 1 atom stereocenters. The average molecular weight is 367 g/mol. The fourth-order valence-corrected chi connectivity index (χ4v) is 4.28. The highest BCUT2D eigenvalue weighted by Gasteiger charge is 2.38. The number of aromatic nitrogens is 4. The summed E-state index contributed by atoms with van der Waals surface area (Å²) in [6.45, 7) is 3.95. The van der Waals surface area contributed by atoms with Crippen LogP contribution in [0.1, 0.15) is 19.3 Å². The van der Waals surface area contributed by atoms with Gasteiger partial charge in [0, 0.05) is 36.1 Å². The maximum absolute atomic E-state index is 14.3. The maximum Gasteiger partial charge on any atom is 0.227 e. The first-order valence-corrected chi connectivity index (χ1v) is 9.39. The molecule has 5 rings (SSSR count). The number of nitrogens with zero attached hydrogens (tertiary/aromatic N) is 4. The molecule has 1 aromatic carbocycles. The van der Waals surface area contributed by atoms with Crippen molar-refractivity contribution in [2.24, 2.45) is 5.41 Å². The molecule has 8 heteroatoms. The van der Waals surface area contributed by atoms with Crippen LogP contribution in [-0.4, -0.2) is 46.3 Å². The van der Waals surface area contributed by atoms with Crippen LogP contribution in [0.25, 0.3) is 10.9 Å². The second-order valence-electron chi connectivity index (χ2n) is 7.62. The molecule has 3 aromatic rings. The van der Waals surface area contributed by atoms with E-state index in [4.69, 9.17) is 0 Å². The Hall–Kier alpha value is -2.74. The predicted molar refractivity (Wildman–Crippen MR) is 103 cm³/mol. The van der Waals surface area contributed by atoms with Crippen molar-refractivity contribution >= 4 is 28.4 Å². The van der Waals surface area contributed by atoms with Crippen molar-refractivity contribution in [2.75, 3.05) is 36.4 Å². The zero-order valence-corrected chi connectivity index (χ0v) is 15.0. The molecular weight excluding hydrogens is 345 g/mol. The largest absolute Gasteiger partial charge is 0.340 e. The van der Waals surface area contributed by atoms with Crippen molar-refractivity contribution in [3.8, 4) is 0 Å². The van der Waals surface area contributed by atoms with E-state index in [0.29, 0.717) is 11.4 Å². The summed E-state index contributed by atoms with van der Waals surface area (Å²) in [5.74, 6) is 0.335. The number of H-pyrrole nitrogens is 1. The van der Waals surface area contributed by atoms with Crippen LogP contribution >= 0.6 is 0 Å². The van der Waals surface area contributed by atoms with Gasteiger partial charge in [-0.1, -0.05) is 0 Å². The SMILES string of the molecule is Fc1cnc(N2CCCC3(CCNC3)C2)nc1Nc1ccc2[nH]ncc2c1. The predicted octanol–water partition coefficient (Wildman–Crippen LogP) is 2.82. The lowest BCUT2D eigenvalue weighted by Crippen LogP contribution is -2.45. The molecule has 0 saturated carbocycles. The smallest absolute Gasteiger partial charge is 0.227 e. The highest BCUT2D eigenvalue weighted by atomic mass is 19.1. The molecule has 1 unspecified atom stereocenters. The Morgan fingerprint density at radius 2 is 2.19 bits per heavy atom. The van der Waals surface area contributed by atoms with E-state index in [0.717, 1.165) is 49.2 Å². The van der Waals surface area contributed by atoms with Gasteiger partial charge in [0.05, 0.1) is 17.9 Å². The van der Waals surface area contributed by atoms with Gasteiger partial charge in [-0.05, 0) is 44.0 Å². The minimum absolute atomic E-state index is 0.201. The van der Waals surface area contributed by atoms with Gasteiger partial charge in [0.2, 0.25) is 5.95 Å². The second kappa shape index (κ2) is 6.45. The van der Waals surface area contributed by atoms with E-state index < -0.39 is 5.82 Å². The zero-order chi connectivity index (χ0) is 18.3. The molecule has 2 aliphatic heterocycles. The van der Waals surface area contributed by atoms with Crippen LogP contribution in [0.4, 0.5) is 21.8 Å². The third-order valence-electron chi connectivity index (χ3n) is 5.71. The Kier molecular flexibility index (Phi) is 3.93. The summed E-state index contributed by atoms with van der Waals surface area (Å²) in [6, 6.07) is 5.70. The van der Waals surface area contributed by atoms with Crippen molar-refractivity contribution in [1.82, 2.24) is 25.5 Å². The van der Waals surface area contributed by atoms with Gasteiger partial charge in [-0.15, -0.1) is 0 Å². The topological polar surface area (TPSA) is 81.8 Å². The molecule has 4 heterocycles. The molecule has 0 amide bonds. The third kappa shape index (κ3) is 3.10. The summed E-state index contributed by atoms with van der Waals surface area (Å²) in [5, 5.41) is 14.4. The number of anilines is 3. The van der Waals surface area contributed by atoms with E-state index in [9.17, 15) is 4.39 Å². The monoisotopic (exact) mass is 367 g/mol. The Morgan fingerprint density at radius 3 is 3.07 bits per heavy atom. The number of fused-ring (bicyclic) bond motifs is 1. The minimum Gasteiger partial charge on any atom is -0.340 e. The van der Waals surface area contributed by atoms with Gasteiger partial charge < -0.3 is 15.5 Å². The van der Waals surface area contributed by atoms with Crippen LogP contribution in [0, 0.1) is 11.2 Å². The average Bonchev–Trinajstić information content (AvgIpc) is 3.33. The number of aromatic amines is 1. The molecule has 2 saturated heterocycles. The van der Waals surface area contributed by atoms with E-state index in [-0.39, 0.29) is 5.82 Å². The maximum atomic E-state index is 14.3. The Bertz CT molecular complexity index is 964. The molecule has 2 aromatic heterocycles. The zero-order valence-electron chi connectivity index (χ0n) is 15.0. The number of halogens is 1. The molecule has 3 N–H and O–H groups in total. The summed E-state index contributed by atoms with van der Waals surface area (Å²) in [4.78, 5) is 11.0. The Labute approximate surface area is 156 Å². The quantitative estimate of drug-likeness (QED) is 0.660. The molecule has 2 fully saturated rings. The lowest BCUT2D eigenvalue weighted by Gasteiger charge is -2.40. The van der Waals surface area contributed by atoms with Gasteiger partial charge in [0.25, 0.3) is 0 Å². The van der Waals surface area contributed by atoms with E-state index >= 15 is 0 Å². The van der Waals surface area contributed by atoms with E-state index in [1.165, 1.54) is 19.0 Å². The molecule has 2 aliphatic rings. The van der Waals surface area contributed by atoms with Crippen molar-refractivity contribution in [1.29, 1.82) is 0 Å². The van der Waals surface area contributed by atoms with Gasteiger partial charge in [0.15, 0.2) is 11.6 Å². The van der Waals surface area contributed by atoms with Crippen molar-refractivity contribution < 1.29 is 4.39 Å².